The van der Waals surface area contributed by atoms with E-state index in [4.69, 9.17) is 8.85 Å². The Kier molecular flexibility index (Phi) is 11.0. The van der Waals surface area contributed by atoms with Crippen LogP contribution in [0.5, 0.6) is 0 Å². The Morgan fingerprint density at radius 2 is 1.39 bits per heavy atom. The molecule has 0 unspecified atom stereocenters. The van der Waals surface area contributed by atoms with Gasteiger partial charge in [0.1, 0.15) is 0 Å². The summed E-state index contributed by atoms with van der Waals surface area (Å²) < 4.78 is 14.8. The summed E-state index contributed by atoms with van der Waals surface area (Å²) in [5.41, 5.74) is 1.11. The van der Waals surface area contributed by atoms with Crippen LogP contribution in [0.2, 0.25) is 36.3 Å². The van der Waals surface area contributed by atoms with Gasteiger partial charge in [-0.05, 0) is 79.9 Å². The SMILES string of the molecule is C=C(C)[C@H](O[Si](C)(C)C(C)(C)C)[C@H](C[C@H](C)CC1SCCCS1)O[Si](C)(C)C(C)(C)C. The van der Waals surface area contributed by atoms with Gasteiger partial charge in [0.15, 0.2) is 16.6 Å². The van der Waals surface area contributed by atoms with Crippen molar-refractivity contribution in [1.82, 2.24) is 0 Å². The molecule has 1 heterocycles. The zero-order valence-electron chi connectivity index (χ0n) is 22.7. The molecule has 31 heavy (non-hydrogen) atoms. The van der Waals surface area contributed by atoms with Gasteiger partial charge >= 0.3 is 0 Å². The van der Waals surface area contributed by atoms with Crippen LogP contribution < -0.4 is 0 Å². The van der Waals surface area contributed by atoms with Gasteiger partial charge in [-0.1, -0.05) is 60.6 Å². The molecule has 1 saturated heterocycles. The lowest BCUT2D eigenvalue weighted by molar-refractivity contribution is 0.0416. The molecule has 0 aromatic heterocycles. The van der Waals surface area contributed by atoms with Crippen LogP contribution in [0, 0.1) is 5.92 Å². The van der Waals surface area contributed by atoms with Gasteiger partial charge in [0.05, 0.1) is 16.8 Å². The third-order valence-corrected chi connectivity index (χ3v) is 19.4. The molecule has 6 heteroatoms. The van der Waals surface area contributed by atoms with Crippen LogP contribution in [0.1, 0.15) is 74.7 Å². The summed E-state index contributed by atoms with van der Waals surface area (Å²) in [7, 11) is -3.87. The maximum Gasteiger partial charge on any atom is 0.193 e. The van der Waals surface area contributed by atoms with Crippen molar-refractivity contribution in [2.24, 2.45) is 5.92 Å². The first-order valence-corrected chi connectivity index (χ1v) is 20.0. The molecule has 0 radical (unpaired) electrons. The molecule has 1 fully saturated rings. The van der Waals surface area contributed by atoms with Gasteiger partial charge < -0.3 is 8.85 Å². The van der Waals surface area contributed by atoms with Crippen LogP contribution in [0.15, 0.2) is 12.2 Å². The van der Waals surface area contributed by atoms with E-state index in [1.807, 2.05) is 0 Å². The minimum absolute atomic E-state index is 0.0240. The Morgan fingerprint density at radius 1 is 0.935 bits per heavy atom. The average Bonchev–Trinajstić information content (AvgIpc) is 2.57. The third kappa shape index (κ3) is 9.16. The molecule has 1 aliphatic heterocycles. The largest absolute Gasteiger partial charge is 0.411 e. The highest BCUT2D eigenvalue weighted by Crippen LogP contribution is 2.43. The second-order valence-electron chi connectivity index (χ2n) is 12.7. The predicted molar refractivity (Wildman–Crippen MR) is 151 cm³/mol. The van der Waals surface area contributed by atoms with Crippen LogP contribution in [0.3, 0.4) is 0 Å². The molecule has 1 aliphatic rings. The summed E-state index contributed by atoms with van der Waals surface area (Å²) in [6.07, 6.45) is 3.73. The highest BCUT2D eigenvalue weighted by atomic mass is 32.2. The molecular formula is C25H52O2S2Si2. The number of thioether (sulfide) groups is 2. The van der Waals surface area contributed by atoms with Gasteiger partial charge in [0.2, 0.25) is 0 Å². The minimum Gasteiger partial charge on any atom is -0.411 e. The van der Waals surface area contributed by atoms with Crippen LogP contribution in [0.4, 0.5) is 0 Å². The quantitative estimate of drug-likeness (QED) is 0.218. The van der Waals surface area contributed by atoms with Gasteiger partial charge in [0.25, 0.3) is 0 Å². The Morgan fingerprint density at radius 3 is 1.81 bits per heavy atom. The van der Waals surface area contributed by atoms with Crippen molar-refractivity contribution in [1.29, 1.82) is 0 Å². The Balaban J connectivity index is 3.13. The van der Waals surface area contributed by atoms with E-state index in [1.165, 1.54) is 24.3 Å². The molecule has 0 aromatic carbocycles. The topological polar surface area (TPSA) is 18.5 Å². The number of hydrogen-bond donors (Lipinski definition) is 0. The fraction of sp³-hybridized carbons (Fsp3) is 0.920. The van der Waals surface area contributed by atoms with Crippen molar-refractivity contribution in [3.63, 3.8) is 0 Å². The number of rotatable bonds is 10. The smallest absolute Gasteiger partial charge is 0.193 e. The summed E-state index contributed by atoms with van der Waals surface area (Å²) in [5, 5.41) is 0.351. The maximum absolute atomic E-state index is 7.11. The van der Waals surface area contributed by atoms with Crippen molar-refractivity contribution in [2.75, 3.05) is 11.5 Å². The first-order valence-electron chi connectivity index (χ1n) is 12.1. The molecule has 0 N–H and O–H groups in total. The lowest BCUT2D eigenvalue weighted by Crippen LogP contribution is -2.52. The summed E-state index contributed by atoms with van der Waals surface area (Å²) in [6, 6.07) is 0. The zero-order valence-corrected chi connectivity index (χ0v) is 26.3. The van der Waals surface area contributed by atoms with Crippen molar-refractivity contribution in [3.8, 4) is 0 Å². The second-order valence-corrected chi connectivity index (χ2v) is 25.1. The Hall–Kier alpha value is 0.794. The second kappa shape index (κ2) is 11.5. The van der Waals surface area contributed by atoms with E-state index in [0.29, 0.717) is 5.92 Å². The monoisotopic (exact) mass is 504 g/mol. The summed E-state index contributed by atoms with van der Waals surface area (Å²) in [5.74, 6) is 3.25. The normalized spacial score (nSPS) is 20.4. The average molecular weight is 505 g/mol. The van der Waals surface area contributed by atoms with Crippen LogP contribution >= 0.6 is 23.5 Å². The van der Waals surface area contributed by atoms with E-state index in [9.17, 15) is 0 Å². The molecule has 0 saturated carbocycles. The molecule has 0 spiro atoms. The molecule has 0 aliphatic carbocycles. The molecular weight excluding hydrogens is 453 g/mol. The van der Waals surface area contributed by atoms with Crippen LogP contribution in [-0.4, -0.2) is 44.9 Å². The van der Waals surface area contributed by atoms with E-state index < -0.39 is 16.6 Å². The summed E-state index contributed by atoms with van der Waals surface area (Å²) >= 11 is 4.31. The molecule has 0 amide bonds. The predicted octanol–water partition coefficient (Wildman–Crippen LogP) is 8.96. The van der Waals surface area contributed by atoms with Gasteiger partial charge in [-0.25, -0.2) is 0 Å². The van der Waals surface area contributed by atoms with Gasteiger partial charge in [-0.2, -0.15) is 0 Å². The standard InChI is InChI=1S/C25H52O2S2Si2/c1-19(2)23(27-31(12,13)25(7,8)9)21(26-30(10,11)24(4,5)6)17-20(3)18-22-28-15-14-16-29-22/h20-23H,1,14-18H2,2-13H3/t20-,21-,23-/m0/s1. The lowest BCUT2D eigenvalue weighted by Gasteiger charge is -2.46. The first-order chi connectivity index (χ1) is 13.9. The lowest BCUT2D eigenvalue weighted by atomic mass is 9.95. The fourth-order valence-corrected chi connectivity index (χ4v) is 9.16. The van der Waals surface area contributed by atoms with Gasteiger partial charge in [-0.3, -0.25) is 0 Å². The van der Waals surface area contributed by atoms with E-state index >= 15 is 0 Å². The first kappa shape index (κ1) is 29.8. The van der Waals surface area contributed by atoms with Crippen molar-refractivity contribution >= 4 is 40.2 Å². The summed E-state index contributed by atoms with van der Waals surface area (Å²) in [4.78, 5) is 0. The molecule has 3 atom stereocenters. The van der Waals surface area contributed by atoms with E-state index in [-0.39, 0.29) is 22.3 Å². The van der Waals surface area contributed by atoms with Crippen molar-refractivity contribution < 1.29 is 8.85 Å². The van der Waals surface area contributed by atoms with E-state index in [0.717, 1.165) is 16.6 Å². The highest BCUT2D eigenvalue weighted by Gasteiger charge is 2.45. The van der Waals surface area contributed by atoms with E-state index in [1.54, 1.807) is 0 Å². The minimum atomic E-state index is -1.94. The molecule has 0 bridgehead atoms. The van der Waals surface area contributed by atoms with E-state index in [2.05, 4.69) is 112 Å². The molecule has 184 valence electrons. The highest BCUT2D eigenvalue weighted by molar-refractivity contribution is 8.17. The molecule has 1 rings (SSSR count). The van der Waals surface area contributed by atoms with Crippen molar-refractivity contribution in [2.45, 2.75) is 128 Å². The Labute approximate surface area is 205 Å². The van der Waals surface area contributed by atoms with Crippen LogP contribution in [-0.2, 0) is 8.85 Å². The van der Waals surface area contributed by atoms with Crippen LogP contribution in [0.25, 0.3) is 0 Å². The third-order valence-electron chi connectivity index (χ3n) is 7.43. The fourth-order valence-electron chi connectivity index (χ4n) is 3.27. The van der Waals surface area contributed by atoms with Crippen molar-refractivity contribution in [3.05, 3.63) is 12.2 Å². The van der Waals surface area contributed by atoms with Gasteiger partial charge in [-0.15, -0.1) is 23.5 Å². The maximum atomic E-state index is 7.11. The summed E-state index contributed by atoms with van der Waals surface area (Å²) in [6.45, 7) is 32.3. The Bertz CT molecular complexity index is 573. The molecule has 0 aromatic rings. The molecule has 2 nitrogen and oxygen atoms in total. The van der Waals surface area contributed by atoms with Gasteiger partial charge in [0, 0.05) is 0 Å². The number of hydrogen-bond acceptors (Lipinski definition) is 4. The zero-order chi connectivity index (χ0) is 24.3.